The van der Waals surface area contributed by atoms with Crippen molar-refractivity contribution in [2.45, 2.75) is 24.2 Å². The summed E-state index contributed by atoms with van der Waals surface area (Å²) in [4.78, 5) is 13.5. The zero-order valence-electron chi connectivity index (χ0n) is 12.4. The summed E-state index contributed by atoms with van der Waals surface area (Å²) < 4.78 is 32.2. The second kappa shape index (κ2) is 6.36. The number of sulfonamides is 1. The van der Waals surface area contributed by atoms with Gasteiger partial charge in [-0.2, -0.15) is 0 Å². The number of aryl methyl sites for hydroxylation is 2. The number of carbonyl (C=O) groups excluding carboxylic acids is 1. The SMILES string of the molecule is O=C1COCCN1CCNS(=O)(=O)c1ccc2c(c1)CCC2. The molecule has 0 bridgehead atoms. The highest BCUT2D eigenvalue weighted by atomic mass is 32.2. The molecule has 1 aromatic rings. The molecule has 1 N–H and O–H groups in total. The third kappa shape index (κ3) is 3.31. The van der Waals surface area contributed by atoms with Gasteiger partial charge in [0.1, 0.15) is 6.61 Å². The lowest BCUT2D eigenvalue weighted by Gasteiger charge is -2.26. The first-order valence-corrected chi connectivity index (χ1v) is 9.01. The van der Waals surface area contributed by atoms with E-state index in [1.54, 1.807) is 17.0 Å². The number of carbonyl (C=O) groups is 1. The van der Waals surface area contributed by atoms with E-state index < -0.39 is 10.0 Å². The standard InChI is InChI=1S/C15H20N2O4S/c18-15-11-21-9-8-17(15)7-6-16-22(19,20)14-5-4-12-2-1-3-13(12)10-14/h4-5,10,16H,1-3,6-9,11H2. The highest BCUT2D eigenvalue weighted by Crippen LogP contribution is 2.24. The average Bonchev–Trinajstić information content (AvgIpc) is 2.96. The summed E-state index contributed by atoms with van der Waals surface area (Å²) in [5.41, 5.74) is 2.38. The zero-order valence-corrected chi connectivity index (χ0v) is 13.2. The summed E-state index contributed by atoms with van der Waals surface area (Å²) >= 11 is 0. The van der Waals surface area contributed by atoms with Crippen LogP contribution in [0.2, 0.25) is 0 Å². The number of nitrogens with zero attached hydrogens (tertiary/aromatic N) is 1. The van der Waals surface area contributed by atoms with E-state index in [2.05, 4.69) is 4.72 Å². The maximum Gasteiger partial charge on any atom is 0.248 e. The Kier molecular flexibility index (Phi) is 4.46. The van der Waals surface area contributed by atoms with Crippen LogP contribution in [0.25, 0.3) is 0 Å². The molecule has 1 aliphatic heterocycles. The largest absolute Gasteiger partial charge is 0.370 e. The molecule has 1 aromatic carbocycles. The number of rotatable bonds is 5. The fourth-order valence-corrected chi connectivity index (χ4v) is 3.97. The molecular weight excluding hydrogens is 304 g/mol. The van der Waals surface area contributed by atoms with E-state index in [-0.39, 0.29) is 19.1 Å². The molecule has 2 aliphatic rings. The molecule has 0 aromatic heterocycles. The summed E-state index contributed by atoms with van der Waals surface area (Å²) in [6.45, 7) is 1.68. The van der Waals surface area contributed by atoms with E-state index in [0.29, 0.717) is 24.6 Å². The highest BCUT2D eigenvalue weighted by Gasteiger charge is 2.21. The second-order valence-electron chi connectivity index (χ2n) is 5.62. The van der Waals surface area contributed by atoms with Gasteiger partial charge < -0.3 is 9.64 Å². The van der Waals surface area contributed by atoms with Crippen molar-refractivity contribution in [3.05, 3.63) is 29.3 Å². The van der Waals surface area contributed by atoms with Gasteiger partial charge in [0, 0.05) is 19.6 Å². The quantitative estimate of drug-likeness (QED) is 0.846. The number of morpholine rings is 1. The molecule has 0 spiro atoms. The van der Waals surface area contributed by atoms with Crippen molar-refractivity contribution < 1.29 is 17.9 Å². The highest BCUT2D eigenvalue weighted by molar-refractivity contribution is 7.89. The van der Waals surface area contributed by atoms with Crippen molar-refractivity contribution >= 4 is 15.9 Å². The first kappa shape index (κ1) is 15.5. The number of benzene rings is 1. The lowest BCUT2D eigenvalue weighted by molar-refractivity contribution is -0.142. The van der Waals surface area contributed by atoms with Crippen molar-refractivity contribution in [3.63, 3.8) is 0 Å². The first-order chi connectivity index (χ1) is 10.6. The van der Waals surface area contributed by atoms with Crippen LogP contribution in [0.1, 0.15) is 17.5 Å². The number of ether oxygens (including phenoxy) is 1. The van der Waals surface area contributed by atoms with Gasteiger partial charge in [-0.15, -0.1) is 0 Å². The van der Waals surface area contributed by atoms with Crippen LogP contribution in [0.4, 0.5) is 0 Å². The number of fused-ring (bicyclic) bond motifs is 1. The minimum atomic E-state index is -3.52. The van der Waals surface area contributed by atoms with Gasteiger partial charge in [-0.1, -0.05) is 6.07 Å². The molecule has 0 saturated carbocycles. The van der Waals surface area contributed by atoms with E-state index in [1.165, 1.54) is 5.56 Å². The van der Waals surface area contributed by atoms with Crippen LogP contribution >= 0.6 is 0 Å². The zero-order chi connectivity index (χ0) is 15.6. The molecule has 7 heteroatoms. The molecule has 1 heterocycles. The van der Waals surface area contributed by atoms with Crippen molar-refractivity contribution in [2.75, 3.05) is 32.8 Å². The van der Waals surface area contributed by atoms with Crippen LogP contribution in [0.5, 0.6) is 0 Å². The van der Waals surface area contributed by atoms with Crippen molar-refractivity contribution in [1.29, 1.82) is 0 Å². The Bertz CT molecular complexity index is 672. The Balaban J connectivity index is 1.60. The van der Waals surface area contributed by atoms with Crippen LogP contribution in [0.3, 0.4) is 0 Å². The number of nitrogens with one attached hydrogen (secondary N) is 1. The maximum absolute atomic E-state index is 12.3. The maximum atomic E-state index is 12.3. The molecule has 120 valence electrons. The molecule has 3 rings (SSSR count). The molecule has 0 atom stereocenters. The Hall–Kier alpha value is -1.44. The lowest BCUT2D eigenvalue weighted by Crippen LogP contribution is -2.45. The molecule has 1 amide bonds. The van der Waals surface area contributed by atoms with Gasteiger partial charge in [0.2, 0.25) is 15.9 Å². The van der Waals surface area contributed by atoms with Gasteiger partial charge in [-0.3, -0.25) is 4.79 Å². The van der Waals surface area contributed by atoms with E-state index >= 15 is 0 Å². The van der Waals surface area contributed by atoms with E-state index in [4.69, 9.17) is 4.74 Å². The smallest absolute Gasteiger partial charge is 0.248 e. The molecule has 1 saturated heterocycles. The van der Waals surface area contributed by atoms with Gasteiger partial charge in [0.05, 0.1) is 11.5 Å². The molecule has 1 aliphatic carbocycles. The third-order valence-electron chi connectivity index (χ3n) is 4.14. The summed E-state index contributed by atoms with van der Waals surface area (Å²) in [6, 6.07) is 5.33. The number of hydrogen-bond donors (Lipinski definition) is 1. The van der Waals surface area contributed by atoms with Gasteiger partial charge >= 0.3 is 0 Å². The summed E-state index contributed by atoms with van der Waals surface area (Å²) in [6.07, 6.45) is 3.06. The fourth-order valence-electron chi connectivity index (χ4n) is 2.90. The van der Waals surface area contributed by atoms with Crippen molar-refractivity contribution in [1.82, 2.24) is 9.62 Å². The van der Waals surface area contributed by atoms with Crippen LogP contribution in [-0.2, 0) is 32.4 Å². The van der Waals surface area contributed by atoms with Crippen LogP contribution < -0.4 is 4.72 Å². The molecule has 0 radical (unpaired) electrons. The lowest BCUT2D eigenvalue weighted by atomic mass is 10.1. The number of hydrogen-bond acceptors (Lipinski definition) is 4. The van der Waals surface area contributed by atoms with Crippen molar-refractivity contribution in [2.24, 2.45) is 0 Å². The Morgan fingerprint density at radius 1 is 1.23 bits per heavy atom. The topological polar surface area (TPSA) is 75.7 Å². The van der Waals surface area contributed by atoms with Gasteiger partial charge in [0.25, 0.3) is 0 Å². The first-order valence-electron chi connectivity index (χ1n) is 7.53. The van der Waals surface area contributed by atoms with Crippen LogP contribution in [-0.4, -0.2) is 52.1 Å². The molecular formula is C15H20N2O4S. The van der Waals surface area contributed by atoms with E-state index in [9.17, 15) is 13.2 Å². The Morgan fingerprint density at radius 2 is 2.05 bits per heavy atom. The van der Waals surface area contributed by atoms with Gasteiger partial charge in [0.15, 0.2) is 0 Å². The molecule has 0 unspecified atom stereocenters. The van der Waals surface area contributed by atoms with E-state index in [1.807, 2.05) is 6.07 Å². The predicted octanol–water partition coefficient (Wildman–Crippen LogP) is 0.312. The average molecular weight is 324 g/mol. The Morgan fingerprint density at radius 3 is 2.86 bits per heavy atom. The summed E-state index contributed by atoms with van der Waals surface area (Å²) in [5.74, 6) is -0.0945. The minimum absolute atomic E-state index is 0.0809. The monoisotopic (exact) mass is 324 g/mol. The molecule has 6 nitrogen and oxygen atoms in total. The normalized spacial score (nSPS) is 18.5. The van der Waals surface area contributed by atoms with Crippen LogP contribution in [0.15, 0.2) is 23.1 Å². The minimum Gasteiger partial charge on any atom is -0.370 e. The summed E-state index contributed by atoms with van der Waals surface area (Å²) in [5, 5.41) is 0. The van der Waals surface area contributed by atoms with Gasteiger partial charge in [-0.05, 0) is 42.5 Å². The van der Waals surface area contributed by atoms with Gasteiger partial charge in [-0.25, -0.2) is 13.1 Å². The Labute approximate surface area is 130 Å². The van der Waals surface area contributed by atoms with E-state index in [0.717, 1.165) is 24.8 Å². The third-order valence-corrected chi connectivity index (χ3v) is 5.60. The van der Waals surface area contributed by atoms with Crippen LogP contribution in [0, 0.1) is 0 Å². The number of amides is 1. The van der Waals surface area contributed by atoms with Crippen molar-refractivity contribution in [3.8, 4) is 0 Å². The predicted molar refractivity (Wildman–Crippen MR) is 81.1 cm³/mol. The molecule has 1 fully saturated rings. The fraction of sp³-hybridized carbons (Fsp3) is 0.533. The molecule has 22 heavy (non-hydrogen) atoms. The summed E-state index contributed by atoms with van der Waals surface area (Å²) in [7, 11) is -3.52. The second-order valence-corrected chi connectivity index (χ2v) is 7.38.